The van der Waals surface area contributed by atoms with Crippen LogP contribution < -0.4 is 10.3 Å². The number of nitrogens with zero attached hydrogens (tertiary/aromatic N) is 1. The molecule has 130 valence electrons. The van der Waals surface area contributed by atoms with Crippen LogP contribution in [-0.4, -0.2) is 42.2 Å². The number of amides is 1. The first-order valence-corrected chi connectivity index (χ1v) is 7.75. The van der Waals surface area contributed by atoms with Crippen molar-refractivity contribution >= 4 is 16.8 Å². The molecule has 1 N–H and O–H groups in total. The smallest absolute Gasteiger partial charge is 0.253 e. The van der Waals surface area contributed by atoms with E-state index in [9.17, 15) is 9.59 Å². The highest BCUT2D eigenvalue weighted by atomic mass is 16.5. The number of nitrogens with one attached hydrogen (secondary N) is 1. The zero-order chi connectivity index (χ0) is 17.9. The predicted molar refractivity (Wildman–Crippen MR) is 93.3 cm³/mol. The van der Waals surface area contributed by atoms with Crippen LogP contribution in [0.4, 0.5) is 0 Å². The van der Waals surface area contributed by atoms with Crippen LogP contribution in [0.1, 0.15) is 26.3 Å². The van der Waals surface area contributed by atoms with Gasteiger partial charge in [-0.15, -0.1) is 0 Å². The normalized spacial score (nSPS) is 11.5. The third-order valence-electron chi connectivity index (χ3n) is 3.84. The maximum Gasteiger partial charge on any atom is 0.253 e. The fourth-order valence-electron chi connectivity index (χ4n) is 2.55. The summed E-state index contributed by atoms with van der Waals surface area (Å²) in [5.41, 5.74) is 0.628. The molecule has 2 aromatic rings. The number of aromatic amines is 1. The van der Waals surface area contributed by atoms with E-state index in [0.717, 1.165) is 10.9 Å². The molecular weight excluding hydrogens is 308 g/mol. The number of hydrogen-bond donors (Lipinski definition) is 1. The molecule has 0 radical (unpaired) electrons. The Morgan fingerprint density at radius 1 is 1.21 bits per heavy atom. The standard InChI is InChI=1S/C18H24N2O4/c1-18(2,3)20(16(21)11-23-4)10-13-8-12-9-14(24-5)6-7-15(12)19-17(13)22/h6-9H,10-11H2,1-5H3,(H,19,22). The number of methoxy groups -OCH3 is 2. The lowest BCUT2D eigenvalue weighted by Gasteiger charge is -2.35. The Morgan fingerprint density at radius 2 is 1.92 bits per heavy atom. The zero-order valence-corrected chi connectivity index (χ0v) is 14.8. The van der Waals surface area contributed by atoms with E-state index in [1.165, 1.54) is 7.11 Å². The number of pyridine rings is 1. The lowest BCUT2D eigenvalue weighted by atomic mass is 10.0. The zero-order valence-electron chi connectivity index (χ0n) is 14.8. The minimum atomic E-state index is -0.425. The minimum Gasteiger partial charge on any atom is -0.497 e. The van der Waals surface area contributed by atoms with Crippen molar-refractivity contribution in [2.45, 2.75) is 32.9 Å². The molecule has 0 aliphatic heterocycles. The summed E-state index contributed by atoms with van der Waals surface area (Å²) in [5.74, 6) is 0.554. The molecule has 0 unspecified atom stereocenters. The molecule has 0 fully saturated rings. The summed E-state index contributed by atoms with van der Waals surface area (Å²) in [4.78, 5) is 29.2. The molecular formula is C18H24N2O4. The summed E-state index contributed by atoms with van der Waals surface area (Å²) in [5, 5.41) is 0.858. The summed E-state index contributed by atoms with van der Waals surface area (Å²) in [6, 6.07) is 7.25. The molecule has 0 aliphatic carbocycles. The van der Waals surface area contributed by atoms with Gasteiger partial charge in [0.2, 0.25) is 5.91 Å². The highest BCUT2D eigenvalue weighted by Crippen LogP contribution is 2.21. The molecule has 0 aliphatic rings. The highest BCUT2D eigenvalue weighted by molar-refractivity contribution is 5.81. The second-order valence-electron chi connectivity index (χ2n) is 6.66. The average Bonchev–Trinajstić information content (AvgIpc) is 2.51. The monoisotopic (exact) mass is 332 g/mol. The van der Waals surface area contributed by atoms with E-state index < -0.39 is 5.54 Å². The van der Waals surface area contributed by atoms with Gasteiger partial charge in [0.25, 0.3) is 5.56 Å². The molecule has 0 spiro atoms. The molecule has 0 saturated carbocycles. The van der Waals surface area contributed by atoms with Gasteiger partial charge in [-0.3, -0.25) is 9.59 Å². The Kier molecular flexibility index (Phi) is 5.29. The molecule has 1 aromatic heterocycles. The van der Waals surface area contributed by atoms with E-state index in [2.05, 4.69) is 4.98 Å². The number of ether oxygens (including phenoxy) is 2. The third-order valence-corrected chi connectivity index (χ3v) is 3.84. The van der Waals surface area contributed by atoms with Crippen LogP contribution in [0.3, 0.4) is 0 Å². The molecule has 0 bridgehead atoms. The van der Waals surface area contributed by atoms with Gasteiger partial charge in [0.05, 0.1) is 13.7 Å². The van der Waals surface area contributed by atoms with Gasteiger partial charge < -0.3 is 19.4 Å². The maximum atomic E-state index is 12.4. The number of benzene rings is 1. The van der Waals surface area contributed by atoms with Crippen molar-refractivity contribution in [3.63, 3.8) is 0 Å². The van der Waals surface area contributed by atoms with Crippen LogP contribution in [0.2, 0.25) is 0 Å². The quantitative estimate of drug-likeness (QED) is 0.912. The molecule has 1 heterocycles. The Labute approximate surface area is 141 Å². The second-order valence-corrected chi connectivity index (χ2v) is 6.66. The van der Waals surface area contributed by atoms with Crippen LogP contribution in [0.25, 0.3) is 10.9 Å². The second kappa shape index (κ2) is 7.05. The van der Waals surface area contributed by atoms with E-state index in [1.54, 1.807) is 30.2 Å². The number of H-pyrrole nitrogens is 1. The molecule has 1 aromatic carbocycles. The molecule has 24 heavy (non-hydrogen) atoms. The highest BCUT2D eigenvalue weighted by Gasteiger charge is 2.27. The Balaban J connectivity index is 2.44. The van der Waals surface area contributed by atoms with Gasteiger partial charge in [0.1, 0.15) is 12.4 Å². The van der Waals surface area contributed by atoms with Crippen LogP contribution >= 0.6 is 0 Å². The Hall–Kier alpha value is -2.34. The van der Waals surface area contributed by atoms with Crippen molar-refractivity contribution < 1.29 is 14.3 Å². The van der Waals surface area contributed by atoms with Gasteiger partial charge in [0, 0.05) is 29.1 Å². The van der Waals surface area contributed by atoms with Crippen molar-refractivity contribution in [2.75, 3.05) is 20.8 Å². The fourth-order valence-corrected chi connectivity index (χ4v) is 2.55. The number of hydrogen-bond acceptors (Lipinski definition) is 4. The summed E-state index contributed by atoms with van der Waals surface area (Å²) in [7, 11) is 3.08. The molecule has 6 nitrogen and oxygen atoms in total. The average molecular weight is 332 g/mol. The summed E-state index contributed by atoms with van der Waals surface area (Å²) in [6.45, 7) is 5.99. The van der Waals surface area contributed by atoms with Crippen molar-refractivity contribution in [2.24, 2.45) is 0 Å². The topological polar surface area (TPSA) is 71.6 Å². The van der Waals surface area contributed by atoms with Crippen LogP contribution in [0.5, 0.6) is 5.75 Å². The van der Waals surface area contributed by atoms with Gasteiger partial charge >= 0.3 is 0 Å². The van der Waals surface area contributed by atoms with Crippen molar-refractivity contribution in [1.29, 1.82) is 0 Å². The number of aromatic nitrogens is 1. The Morgan fingerprint density at radius 3 is 2.50 bits per heavy atom. The molecule has 0 atom stereocenters. The van der Waals surface area contributed by atoms with Gasteiger partial charge in [-0.05, 0) is 45.0 Å². The summed E-state index contributed by atoms with van der Waals surface area (Å²) < 4.78 is 10.2. The summed E-state index contributed by atoms with van der Waals surface area (Å²) in [6.07, 6.45) is 0. The molecule has 0 saturated heterocycles. The fraction of sp³-hybridized carbons (Fsp3) is 0.444. The first-order valence-electron chi connectivity index (χ1n) is 7.75. The number of carbonyl (C=O) groups excluding carboxylic acids is 1. The lowest BCUT2D eigenvalue weighted by Crippen LogP contribution is -2.47. The molecule has 2 rings (SSSR count). The van der Waals surface area contributed by atoms with E-state index in [1.807, 2.05) is 26.8 Å². The van der Waals surface area contributed by atoms with E-state index >= 15 is 0 Å². The summed E-state index contributed by atoms with van der Waals surface area (Å²) >= 11 is 0. The van der Waals surface area contributed by atoms with Gasteiger partial charge in [0.15, 0.2) is 0 Å². The number of carbonyl (C=O) groups is 1. The van der Waals surface area contributed by atoms with Crippen molar-refractivity contribution in [1.82, 2.24) is 9.88 Å². The van der Waals surface area contributed by atoms with Crippen molar-refractivity contribution in [3.8, 4) is 5.75 Å². The predicted octanol–water partition coefficient (Wildman–Crippen LogP) is 2.31. The molecule has 6 heteroatoms. The first-order chi connectivity index (χ1) is 11.3. The van der Waals surface area contributed by atoms with Crippen LogP contribution in [0.15, 0.2) is 29.1 Å². The lowest BCUT2D eigenvalue weighted by molar-refractivity contribution is -0.140. The van der Waals surface area contributed by atoms with Gasteiger partial charge in [-0.2, -0.15) is 0 Å². The van der Waals surface area contributed by atoms with E-state index in [4.69, 9.17) is 9.47 Å². The molecule has 1 amide bonds. The van der Waals surface area contributed by atoms with Crippen LogP contribution in [0, 0.1) is 0 Å². The van der Waals surface area contributed by atoms with Gasteiger partial charge in [-0.25, -0.2) is 0 Å². The third kappa shape index (κ3) is 3.94. The SMILES string of the molecule is COCC(=O)N(Cc1cc2cc(OC)ccc2[nH]c1=O)C(C)(C)C. The first kappa shape index (κ1) is 18.0. The Bertz CT molecular complexity index is 790. The van der Waals surface area contributed by atoms with E-state index in [-0.39, 0.29) is 24.6 Å². The van der Waals surface area contributed by atoms with Crippen molar-refractivity contribution in [3.05, 3.63) is 40.2 Å². The minimum absolute atomic E-state index is 0.0173. The number of fused-ring (bicyclic) bond motifs is 1. The maximum absolute atomic E-state index is 12.4. The largest absolute Gasteiger partial charge is 0.497 e. The van der Waals surface area contributed by atoms with Gasteiger partial charge in [-0.1, -0.05) is 0 Å². The van der Waals surface area contributed by atoms with Crippen LogP contribution in [-0.2, 0) is 16.1 Å². The van der Waals surface area contributed by atoms with E-state index in [0.29, 0.717) is 11.3 Å². The number of rotatable bonds is 5.